The number of ether oxygens (including phenoxy) is 2. The van der Waals surface area contributed by atoms with Crippen LogP contribution in [0.4, 0.5) is 0 Å². The molecule has 0 amide bonds. The van der Waals surface area contributed by atoms with Crippen LogP contribution >= 0.6 is 15.9 Å². The number of rotatable bonds is 6. The van der Waals surface area contributed by atoms with Crippen LogP contribution in [0.3, 0.4) is 0 Å². The van der Waals surface area contributed by atoms with Crippen molar-refractivity contribution < 1.29 is 19.4 Å². The third-order valence-electron chi connectivity index (χ3n) is 4.08. The summed E-state index contributed by atoms with van der Waals surface area (Å²) in [5.74, 6) is -0.294. The fourth-order valence-electron chi connectivity index (χ4n) is 2.70. The number of carbonyl (C=O) groups is 1. The standard InChI is InChI=1S/C16H27BrO4/c1-11(10-17)6-7-14(20-12(2)18)16(5)9-8-13(21-16)15(3,4)19/h10,13-14,19H,6-9H2,1-5H3/b11-10+/t13-,14+,16-/m1/s1. The van der Waals surface area contributed by atoms with Crippen LogP contribution in [0.25, 0.3) is 0 Å². The van der Waals surface area contributed by atoms with Crippen LogP contribution in [-0.4, -0.2) is 34.5 Å². The van der Waals surface area contributed by atoms with E-state index in [2.05, 4.69) is 15.9 Å². The van der Waals surface area contributed by atoms with Crippen LogP contribution in [0, 0.1) is 0 Å². The smallest absolute Gasteiger partial charge is 0.303 e. The van der Waals surface area contributed by atoms with Gasteiger partial charge in [-0.3, -0.25) is 4.79 Å². The molecule has 4 nitrogen and oxygen atoms in total. The zero-order valence-electron chi connectivity index (χ0n) is 13.6. The van der Waals surface area contributed by atoms with Crippen molar-refractivity contribution in [2.75, 3.05) is 0 Å². The van der Waals surface area contributed by atoms with E-state index in [1.165, 1.54) is 12.5 Å². The third-order valence-corrected chi connectivity index (χ3v) is 4.86. The third kappa shape index (κ3) is 5.38. The van der Waals surface area contributed by atoms with Gasteiger partial charge >= 0.3 is 5.97 Å². The lowest BCUT2D eigenvalue weighted by atomic mass is 9.90. The van der Waals surface area contributed by atoms with E-state index in [0.29, 0.717) is 6.42 Å². The molecule has 0 aliphatic carbocycles. The first kappa shape index (κ1) is 18.7. The molecule has 1 aliphatic rings. The van der Waals surface area contributed by atoms with Gasteiger partial charge in [-0.25, -0.2) is 0 Å². The van der Waals surface area contributed by atoms with Gasteiger partial charge in [-0.2, -0.15) is 0 Å². The zero-order chi connectivity index (χ0) is 16.3. The highest BCUT2D eigenvalue weighted by Gasteiger charge is 2.47. The second-order valence-corrected chi connectivity index (χ2v) is 7.16. The van der Waals surface area contributed by atoms with Crippen LogP contribution < -0.4 is 0 Å². The quantitative estimate of drug-likeness (QED) is 0.731. The van der Waals surface area contributed by atoms with Crippen LogP contribution in [0.5, 0.6) is 0 Å². The Balaban J connectivity index is 2.80. The van der Waals surface area contributed by atoms with Gasteiger partial charge in [-0.1, -0.05) is 21.5 Å². The van der Waals surface area contributed by atoms with Crippen LogP contribution in [0.1, 0.15) is 60.3 Å². The van der Waals surface area contributed by atoms with Gasteiger partial charge in [0.05, 0.1) is 11.7 Å². The summed E-state index contributed by atoms with van der Waals surface area (Å²) < 4.78 is 11.6. The molecule has 0 spiro atoms. The van der Waals surface area contributed by atoms with Gasteiger partial charge in [0, 0.05) is 6.92 Å². The summed E-state index contributed by atoms with van der Waals surface area (Å²) in [4.78, 5) is 13.3. The molecule has 0 radical (unpaired) electrons. The Kier molecular flexibility index (Phi) is 6.44. The van der Waals surface area contributed by atoms with E-state index in [1.54, 1.807) is 13.8 Å². The summed E-state index contributed by atoms with van der Waals surface area (Å²) in [5.41, 5.74) is -0.236. The highest BCUT2D eigenvalue weighted by molar-refractivity contribution is 9.11. The normalized spacial score (nSPS) is 28.5. The summed E-state index contributed by atoms with van der Waals surface area (Å²) in [6.07, 6.45) is 2.55. The Hall–Kier alpha value is -0.390. The van der Waals surface area contributed by atoms with E-state index in [9.17, 15) is 9.90 Å². The fraction of sp³-hybridized carbons (Fsp3) is 0.812. The number of allylic oxidation sites excluding steroid dienone is 1. The van der Waals surface area contributed by atoms with E-state index in [0.717, 1.165) is 19.3 Å². The number of hydrogen-bond donors (Lipinski definition) is 1. The lowest BCUT2D eigenvalue weighted by molar-refractivity contribution is -0.180. The van der Waals surface area contributed by atoms with Gasteiger partial charge in [0.25, 0.3) is 0 Å². The minimum atomic E-state index is -0.885. The molecule has 1 saturated heterocycles. The predicted molar refractivity (Wildman–Crippen MR) is 86.3 cm³/mol. The number of carbonyl (C=O) groups excluding carboxylic acids is 1. The molecule has 0 aromatic carbocycles. The minimum absolute atomic E-state index is 0.228. The van der Waals surface area contributed by atoms with Crippen molar-refractivity contribution in [1.29, 1.82) is 0 Å². The summed E-state index contributed by atoms with van der Waals surface area (Å²) in [6.45, 7) is 8.92. The SMILES string of the molecule is CC(=O)O[C@@H](CC/C(C)=C/Br)[C@@]1(C)CC[C@H](C(C)(C)O)O1. The second kappa shape index (κ2) is 7.25. The van der Waals surface area contributed by atoms with E-state index in [4.69, 9.17) is 9.47 Å². The lowest BCUT2D eigenvalue weighted by Gasteiger charge is -2.35. The largest absolute Gasteiger partial charge is 0.459 e. The van der Waals surface area contributed by atoms with Crippen LogP contribution in [0.15, 0.2) is 10.6 Å². The monoisotopic (exact) mass is 362 g/mol. The van der Waals surface area contributed by atoms with Gasteiger partial charge in [-0.05, 0) is 58.4 Å². The summed E-state index contributed by atoms with van der Waals surface area (Å²) in [6, 6.07) is 0. The molecule has 1 fully saturated rings. The average molecular weight is 363 g/mol. The first-order chi connectivity index (χ1) is 9.58. The van der Waals surface area contributed by atoms with Crippen LogP contribution in [-0.2, 0) is 14.3 Å². The summed E-state index contributed by atoms with van der Waals surface area (Å²) in [7, 11) is 0. The Bertz CT molecular complexity index is 400. The Morgan fingerprint density at radius 2 is 2.19 bits per heavy atom. The predicted octanol–water partition coefficient (Wildman–Crippen LogP) is 3.71. The van der Waals surface area contributed by atoms with Gasteiger partial charge in [0.2, 0.25) is 0 Å². The first-order valence-corrected chi connectivity index (χ1v) is 8.33. The number of halogens is 1. The van der Waals surface area contributed by atoms with Crippen molar-refractivity contribution in [3.8, 4) is 0 Å². The zero-order valence-corrected chi connectivity index (χ0v) is 15.2. The molecule has 0 unspecified atom stereocenters. The molecule has 1 rings (SSSR count). The second-order valence-electron chi connectivity index (χ2n) is 6.70. The maximum Gasteiger partial charge on any atom is 0.303 e. The molecule has 3 atom stereocenters. The Labute approximate surface area is 136 Å². The van der Waals surface area contributed by atoms with Gasteiger partial charge in [-0.15, -0.1) is 0 Å². The van der Waals surface area contributed by atoms with Crippen LogP contribution in [0.2, 0.25) is 0 Å². The molecule has 0 bridgehead atoms. The number of hydrogen-bond acceptors (Lipinski definition) is 4. The maximum absolute atomic E-state index is 11.4. The van der Waals surface area contributed by atoms with Crippen molar-refractivity contribution in [3.63, 3.8) is 0 Å². The Morgan fingerprint density at radius 3 is 2.62 bits per heavy atom. The van der Waals surface area contributed by atoms with Gasteiger partial charge < -0.3 is 14.6 Å². The highest BCUT2D eigenvalue weighted by atomic mass is 79.9. The first-order valence-electron chi connectivity index (χ1n) is 7.42. The van der Waals surface area contributed by atoms with Crippen molar-refractivity contribution in [2.45, 2.75) is 83.7 Å². The fourth-order valence-corrected chi connectivity index (χ4v) is 2.93. The molecule has 0 aromatic rings. The van der Waals surface area contributed by atoms with Crippen molar-refractivity contribution in [3.05, 3.63) is 10.6 Å². The van der Waals surface area contributed by atoms with Crippen molar-refractivity contribution in [1.82, 2.24) is 0 Å². The van der Waals surface area contributed by atoms with E-state index >= 15 is 0 Å². The minimum Gasteiger partial charge on any atom is -0.459 e. The van der Waals surface area contributed by atoms with Gasteiger partial charge in [0.15, 0.2) is 0 Å². The van der Waals surface area contributed by atoms with E-state index < -0.39 is 11.2 Å². The molecular weight excluding hydrogens is 336 g/mol. The molecule has 21 heavy (non-hydrogen) atoms. The molecule has 5 heteroatoms. The molecule has 122 valence electrons. The number of esters is 1. The summed E-state index contributed by atoms with van der Waals surface area (Å²) >= 11 is 3.31. The van der Waals surface area contributed by atoms with Crippen molar-refractivity contribution in [2.24, 2.45) is 0 Å². The topological polar surface area (TPSA) is 55.8 Å². The highest BCUT2D eigenvalue weighted by Crippen LogP contribution is 2.40. The Morgan fingerprint density at radius 1 is 1.57 bits per heavy atom. The molecule has 1 N–H and O–H groups in total. The molecule has 1 aliphatic heterocycles. The molecule has 0 saturated carbocycles. The molecule has 0 aromatic heterocycles. The number of aliphatic hydroxyl groups is 1. The van der Waals surface area contributed by atoms with E-state index in [-0.39, 0.29) is 18.2 Å². The van der Waals surface area contributed by atoms with Gasteiger partial charge in [0.1, 0.15) is 11.7 Å². The molecular formula is C16H27BrO4. The van der Waals surface area contributed by atoms with Crippen molar-refractivity contribution >= 4 is 21.9 Å². The van der Waals surface area contributed by atoms with E-state index in [1.807, 2.05) is 18.8 Å². The molecule has 1 heterocycles. The average Bonchev–Trinajstić information content (AvgIpc) is 2.77. The summed E-state index contributed by atoms with van der Waals surface area (Å²) in [5, 5.41) is 10.1. The maximum atomic E-state index is 11.4. The lowest BCUT2D eigenvalue weighted by Crippen LogP contribution is -2.45.